The molecular weight excluding hydrogens is 256 g/mol. The largest absolute Gasteiger partial charge is 0.329 e. The van der Waals surface area contributed by atoms with E-state index in [-0.39, 0.29) is 17.3 Å². The van der Waals surface area contributed by atoms with E-state index in [4.69, 9.17) is 11.6 Å². The van der Waals surface area contributed by atoms with Gasteiger partial charge in [-0.05, 0) is 12.5 Å². The zero-order valence-corrected chi connectivity index (χ0v) is 10.9. The maximum Gasteiger partial charge on any atom is 0.329 e. The zero-order valence-electron chi connectivity index (χ0n) is 10.1. The summed E-state index contributed by atoms with van der Waals surface area (Å²) in [6.45, 7) is 1.95. The molecule has 2 aromatic rings. The van der Waals surface area contributed by atoms with E-state index in [1.54, 1.807) is 24.0 Å². The van der Waals surface area contributed by atoms with Crippen LogP contribution >= 0.6 is 11.6 Å². The molecule has 0 atom stereocenters. The third-order valence-electron chi connectivity index (χ3n) is 2.67. The van der Waals surface area contributed by atoms with E-state index >= 15 is 0 Å². The summed E-state index contributed by atoms with van der Waals surface area (Å²) < 4.78 is 2.72. The third-order valence-corrected chi connectivity index (χ3v) is 3.00. The molecule has 2 heterocycles. The lowest BCUT2D eigenvalue weighted by molar-refractivity contribution is 0.652. The summed E-state index contributed by atoms with van der Waals surface area (Å²) in [5, 5.41) is 4.25. The van der Waals surface area contributed by atoms with Crippen LogP contribution in [0.2, 0.25) is 5.15 Å². The van der Waals surface area contributed by atoms with Crippen LogP contribution in [0.15, 0.2) is 21.9 Å². The molecule has 0 saturated carbocycles. The molecule has 0 unspecified atom stereocenters. The maximum atomic E-state index is 12.1. The van der Waals surface area contributed by atoms with Crippen molar-refractivity contribution in [1.29, 1.82) is 0 Å². The first kappa shape index (κ1) is 12.6. The molecule has 0 aliphatic heterocycles. The highest BCUT2D eigenvalue weighted by Gasteiger charge is 2.12. The minimum atomic E-state index is -0.521. The van der Waals surface area contributed by atoms with E-state index < -0.39 is 5.69 Å². The Morgan fingerprint density at radius 3 is 2.72 bits per heavy atom. The van der Waals surface area contributed by atoms with Gasteiger partial charge in [-0.1, -0.05) is 18.5 Å². The van der Waals surface area contributed by atoms with Crippen LogP contribution in [-0.4, -0.2) is 19.3 Å². The fourth-order valence-electron chi connectivity index (χ4n) is 1.75. The number of H-pyrrole nitrogens is 1. The average Bonchev–Trinajstić information content (AvgIpc) is 2.70. The Hall–Kier alpha value is -1.82. The number of nitrogens with one attached hydrogen (secondary N) is 1. The lowest BCUT2D eigenvalue weighted by Crippen LogP contribution is -2.37. The smallest absolute Gasteiger partial charge is 0.297 e. The highest BCUT2D eigenvalue weighted by atomic mass is 35.5. The van der Waals surface area contributed by atoms with Crippen LogP contribution in [-0.2, 0) is 20.0 Å². The van der Waals surface area contributed by atoms with Gasteiger partial charge in [-0.3, -0.25) is 19.0 Å². The van der Waals surface area contributed by atoms with Crippen molar-refractivity contribution in [2.24, 2.45) is 7.05 Å². The van der Waals surface area contributed by atoms with Crippen LogP contribution in [0.3, 0.4) is 0 Å². The van der Waals surface area contributed by atoms with Crippen molar-refractivity contribution in [3.05, 3.63) is 49.5 Å². The standard InChI is InChI=1S/C11H13ClN4O2/c1-3-8-9(12)13-11(18)16(10(8)17)6-7-4-5-15(2)14-7/h4-5H,3,6H2,1-2H3,(H,13,18). The van der Waals surface area contributed by atoms with Gasteiger partial charge in [0, 0.05) is 13.2 Å². The summed E-state index contributed by atoms with van der Waals surface area (Å²) in [5.41, 5.74) is 0.173. The normalized spacial score (nSPS) is 10.8. The van der Waals surface area contributed by atoms with Crippen LogP contribution in [0, 0.1) is 0 Å². The summed E-state index contributed by atoms with van der Waals surface area (Å²) in [6, 6.07) is 1.76. The molecule has 7 heteroatoms. The van der Waals surface area contributed by atoms with E-state index in [1.807, 2.05) is 6.92 Å². The number of rotatable bonds is 3. The first-order valence-electron chi connectivity index (χ1n) is 5.53. The summed E-state index contributed by atoms with van der Waals surface area (Å²) in [4.78, 5) is 26.3. The first-order chi connectivity index (χ1) is 8.52. The molecule has 0 bridgehead atoms. The molecule has 0 spiro atoms. The van der Waals surface area contributed by atoms with Gasteiger partial charge in [-0.25, -0.2) is 4.79 Å². The van der Waals surface area contributed by atoms with E-state index in [1.165, 1.54) is 0 Å². The second-order valence-electron chi connectivity index (χ2n) is 3.95. The molecule has 0 aliphatic carbocycles. The van der Waals surface area contributed by atoms with Gasteiger partial charge in [0.2, 0.25) is 0 Å². The maximum absolute atomic E-state index is 12.1. The molecule has 0 saturated heterocycles. The molecule has 1 N–H and O–H groups in total. The Morgan fingerprint density at radius 2 is 2.17 bits per heavy atom. The van der Waals surface area contributed by atoms with Crippen molar-refractivity contribution in [2.75, 3.05) is 0 Å². The van der Waals surface area contributed by atoms with Crippen LogP contribution < -0.4 is 11.2 Å². The van der Waals surface area contributed by atoms with Gasteiger partial charge in [-0.15, -0.1) is 0 Å². The van der Waals surface area contributed by atoms with Crippen molar-refractivity contribution in [3.63, 3.8) is 0 Å². The Bertz CT molecular complexity index is 683. The molecular formula is C11H13ClN4O2. The highest BCUT2D eigenvalue weighted by molar-refractivity contribution is 6.30. The molecule has 96 valence electrons. The van der Waals surface area contributed by atoms with E-state index in [2.05, 4.69) is 10.1 Å². The van der Waals surface area contributed by atoms with Gasteiger partial charge < -0.3 is 0 Å². The van der Waals surface area contributed by atoms with Gasteiger partial charge in [-0.2, -0.15) is 5.10 Å². The molecule has 0 fully saturated rings. The minimum absolute atomic E-state index is 0.116. The van der Waals surface area contributed by atoms with Crippen LogP contribution in [0.4, 0.5) is 0 Å². The number of nitrogens with zero attached hydrogens (tertiary/aromatic N) is 3. The van der Waals surface area contributed by atoms with E-state index in [0.717, 1.165) is 4.57 Å². The van der Waals surface area contributed by atoms with Crippen molar-refractivity contribution >= 4 is 11.6 Å². The topological polar surface area (TPSA) is 72.7 Å². The number of aryl methyl sites for hydroxylation is 1. The van der Waals surface area contributed by atoms with Crippen molar-refractivity contribution in [3.8, 4) is 0 Å². The predicted octanol–water partition coefficient (Wildman–Crippen LogP) is 0.534. The Morgan fingerprint density at radius 1 is 1.44 bits per heavy atom. The highest BCUT2D eigenvalue weighted by Crippen LogP contribution is 2.06. The lowest BCUT2D eigenvalue weighted by Gasteiger charge is -2.06. The molecule has 0 aliphatic rings. The average molecular weight is 269 g/mol. The SMILES string of the molecule is CCc1c(Cl)[nH]c(=O)n(Cc2ccn(C)n2)c1=O. The number of aromatic amines is 1. The van der Waals surface area contributed by atoms with Crippen molar-refractivity contribution < 1.29 is 0 Å². The summed E-state index contributed by atoms with van der Waals surface area (Å²) in [6.07, 6.45) is 2.22. The second-order valence-corrected chi connectivity index (χ2v) is 4.33. The third kappa shape index (κ3) is 2.24. The van der Waals surface area contributed by atoms with Crippen molar-refractivity contribution in [1.82, 2.24) is 19.3 Å². The van der Waals surface area contributed by atoms with E-state index in [9.17, 15) is 9.59 Å². The molecule has 0 aromatic carbocycles. The lowest BCUT2D eigenvalue weighted by atomic mass is 10.2. The molecule has 6 nitrogen and oxygen atoms in total. The Labute approximate surface area is 108 Å². The Balaban J connectivity index is 2.51. The quantitative estimate of drug-likeness (QED) is 0.826. The predicted molar refractivity (Wildman–Crippen MR) is 68.0 cm³/mol. The minimum Gasteiger partial charge on any atom is -0.297 e. The number of halogens is 1. The summed E-state index contributed by atoms with van der Waals surface area (Å²) in [5.74, 6) is 0. The molecule has 0 amide bonds. The molecule has 2 rings (SSSR count). The van der Waals surface area contributed by atoms with Gasteiger partial charge in [0.15, 0.2) is 0 Å². The monoisotopic (exact) mass is 268 g/mol. The molecule has 18 heavy (non-hydrogen) atoms. The fourth-order valence-corrected chi connectivity index (χ4v) is 2.04. The fraction of sp³-hybridized carbons (Fsp3) is 0.364. The zero-order chi connectivity index (χ0) is 13.3. The summed E-state index contributed by atoms with van der Waals surface area (Å²) >= 11 is 5.83. The number of hydrogen-bond donors (Lipinski definition) is 1. The Kier molecular flexibility index (Phi) is 3.38. The second kappa shape index (κ2) is 4.81. The van der Waals surface area contributed by atoms with Crippen LogP contribution in [0.1, 0.15) is 18.2 Å². The molecule has 0 radical (unpaired) electrons. The van der Waals surface area contributed by atoms with Gasteiger partial charge in [0.25, 0.3) is 5.56 Å². The van der Waals surface area contributed by atoms with E-state index in [0.29, 0.717) is 17.7 Å². The number of aromatic nitrogens is 4. The first-order valence-corrected chi connectivity index (χ1v) is 5.90. The van der Waals surface area contributed by atoms with Crippen LogP contribution in [0.5, 0.6) is 0 Å². The van der Waals surface area contributed by atoms with Gasteiger partial charge in [0.1, 0.15) is 5.15 Å². The summed E-state index contributed by atoms with van der Waals surface area (Å²) in [7, 11) is 1.77. The number of hydrogen-bond acceptors (Lipinski definition) is 3. The van der Waals surface area contributed by atoms with Crippen molar-refractivity contribution in [2.45, 2.75) is 19.9 Å². The molecule has 2 aromatic heterocycles. The van der Waals surface area contributed by atoms with Gasteiger partial charge in [0.05, 0.1) is 17.8 Å². The van der Waals surface area contributed by atoms with Gasteiger partial charge >= 0.3 is 5.69 Å². The van der Waals surface area contributed by atoms with Crippen LogP contribution in [0.25, 0.3) is 0 Å².